The van der Waals surface area contributed by atoms with Gasteiger partial charge in [-0.2, -0.15) is 0 Å². The van der Waals surface area contributed by atoms with E-state index in [9.17, 15) is 9.59 Å². The lowest BCUT2D eigenvalue weighted by atomic mass is 10.2. The number of rotatable bonds is 10. The number of benzene rings is 1. The minimum Gasteiger partial charge on any atom is -0.480 e. The van der Waals surface area contributed by atoms with Gasteiger partial charge in [0.25, 0.3) is 0 Å². The summed E-state index contributed by atoms with van der Waals surface area (Å²) in [6, 6.07) is 9.70. The van der Waals surface area contributed by atoms with Crippen molar-refractivity contribution in [3.8, 4) is 11.3 Å². The van der Waals surface area contributed by atoms with Gasteiger partial charge in [0.1, 0.15) is 6.61 Å². The Hall–Kier alpha value is -2.67. The number of aliphatic carboxylic acids is 1. The van der Waals surface area contributed by atoms with Crippen molar-refractivity contribution < 1.29 is 23.8 Å². The molecular weight excluding hydrogens is 312 g/mol. The highest BCUT2D eigenvalue weighted by Crippen LogP contribution is 2.20. The number of carboxylic acids is 1. The van der Waals surface area contributed by atoms with Crippen LogP contribution in [0.5, 0.6) is 0 Å². The third-order valence-corrected chi connectivity index (χ3v) is 3.20. The molecule has 0 spiro atoms. The van der Waals surface area contributed by atoms with Crippen molar-refractivity contribution in [2.24, 2.45) is 0 Å². The summed E-state index contributed by atoms with van der Waals surface area (Å²) >= 11 is 0. The summed E-state index contributed by atoms with van der Waals surface area (Å²) in [6.07, 6.45) is 3.23. The lowest BCUT2D eigenvalue weighted by Gasteiger charge is -2.04. The first-order valence-corrected chi connectivity index (χ1v) is 7.71. The zero-order valence-electron chi connectivity index (χ0n) is 13.2. The second kappa shape index (κ2) is 9.46. The summed E-state index contributed by atoms with van der Waals surface area (Å²) in [5.41, 5.74) is 0.968. The molecule has 0 fully saturated rings. The highest BCUT2D eigenvalue weighted by atomic mass is 16.5. The van der Waals surface area contributed by atoms with Crippen LogP contribution in [0.1, 0.15) is 18.7 Å². The summed E-state index contributed by atoms with van der Waals surface area (Å²) < 4.78 is 10.5. The number of carboxylic acid groups (broad SMARTS) is 1. The standard InChI is InChI=1S/C17H20N2O5/c20-15(18-9-10-23-12-17(21)22)7-4-8-16-19-11-14(24-16)13-5-2-1-3-6-13/h1-3,5-6,11H,4,7-10,12H2,(H,18,20)(H,21,22). The van der Waals surface area contributed by atoms with Crippen molar-refractivity contribution in [2.75, 3.05) is 19.8 Å². The molecule has 24 heavy (non-hydrogen) atoms. The van der Waals surface area contributed by atoms with Gasteiger partial charge in [-0.1, -0.05) is 30.3 Å². The smallest absolute Gasteiger partial charge is 0.329 e. The van der Waals surface area contributed by atoms with Crippen LogP contribution in [0.2, 0.25) is 0 Å². The van der Waals surface area contributed by atoms with Crippen molar-refractivity contribution in [2.45, 2.75) is 19.3 Å². The SMILES string of the molecule is O=C(O)COCCNC(=O)CCCc1ncc(-c2ccccc2)o1. The van der Waals surface area contributed by atoms with Crippen LogP contribution in [0.4, 0.5) is 0 Å². The minimum atomic E-state index is -1.03. The number of ether oxygens (including phenoxy) is 1. The molecule has 1 amide bonds. The van der Waals surface area contributed by atoms with E-state index in [1.807, 2.05) is 30.3 Å². The number of carbonyl (C=O) groups is 2. The maximum absolute atomic E-state index is 11.6. The van der Waals surface area contributed by atoms with Gasteiger partial charge in [0.2, 0.25) is 5.91 Å². The van der Waals surface area contributed by atoms with Crippen LogP contribution in [-0.4, -0.2) is 41.7 Å². The Kier molecular flexibility index (Phi) is 6.97. The Morgan fingerprint density at radius 3 is 2.79 bits per heavy atom. The first kappa shape index (κ1) is 17.7. The number of hydrogen-bond donors (Lipinski definition) is 2. The van der Waals surface area contributed by atoms with Gasteiger partial charge >= 0.3 is 5.97 Å². The molecule has 7 heteroatoms. The van der Waals surface area contributed by atoms with Crippen molar-refractivity contribution in [1.29, 1.82) is 0 Å². The van der Waals surface area contributed by atoms with Crippen molar-refractivity contribution >= 4 is 11.9 Å². The van der Waals surface area contributed by atoms with Gasteiger partial charge in [-0.3, -0.25) is 4.79 Å². The number of aromatic nitrogens is 1. The van der Waals surface area contributed by atoms with Crippen molar-refractivity contribution in [3.05, 3.63) is 42.4 Å². The second-order valence-electron chi connectivity index (χ2n) is 5.13. The fraction of sp³-hybridized carbons (Fsp3) is 0.353. The van der Waals surface area contributed by atoms with Crippen LogP contribution in [0.15, 0.2) is 40.9 Å². The topological polar surface area (TPSA) is 102 Å². The molecule has 0 aliphatic heterocycles. The molecule has 2 rings (SSSR count). The van der Waals surface area contributed by atoms with Crippen LogP contribution in [0.25, 0.3) is 11.3 Å². The molecule has 0 saturated carbocycles. The molecule has 0 unspecified atom stereocenters. The lowest BCUT2D eigenvalue weighted by Crippen LogP contribution is -2.27. The van der Waals surface area contributed by atoms with Gasteiger partial charge < -0.3 is 19.6 Å². The zero-order valence-corrected chi connectivity index (χ0v) is 13.2. The predicted octanol–water partition coefficient (Wildman–Crippen LogP) is 1.88. The molecule has 0 saturated heterocycles. The van der Waals surface area contributed by atoms with Gasteiger partial charge in [-0.15, -0.1) is 0 Å². The van der Waals surface area contributed by atoms with Crippen LogP contribution < -0.4 is 5.32 Å². The number of nitrogens with one attached hydrogen (secondary N) is 1. The highest BCUT2D eigenvalue weighted by molar-refractivity contribution is 5.75. The number of carbonyl (C=O) groups excluding carboxylic acids is 1. The Bertz CT molecular complexity index is 654. The first-order chi connectivity index (χ1) is 11.6. The van der Waals surface area contributed by atoms with Crippen LogP contribution in [0, 0.1) is 0 Å². The van der Waals surface area contributed by atoms with E-state index in [0.717, 1.165) is 5.56 Å². The van der Waals surface area contributed by atoms with Gasteiger partial charge in [-0.25, -0.2) is 9.78 Å². The Morgan fingerprint density at radius 2 is 2.04 bits per heavy atom. The summed E-state index contributed by atoms with van der Waals surface area (Å²) in [6.45, 7) is 0.116. The highest BCUT2D eigenvalue weighted by Gasteiger charge is 2.07. The molecule has 1 heterocycles. The fourth-order valence-corrected chi connectivity index (χ4v) is 2.07. The van der Waals surface area contributed by atoms with Gasteiger partial charge in [0.15, 0.2) is 11.7 Å². The predicted molar refractivity (Wildman–Crippen MR) is 86.3 cm³/mol. The Morgan fingerprint density at radius 1 is 1.25 bits per heavy atom. The van der Waals surface area contributed by atoms with E-state index in [-0.39, 0.29) is 19.1 Å². The fourth-order valence-electron chi connectivity index (χ4n) is 2.07. The van der Waals surface area contributed by atoms with E-state index in [2.05, 4.69) is 10.3 Å². The molecule has 0 aliphatic rings. The largest absolute Gasteiger partial charge is 0.480 e. The van der Waals surface area contributed by atoms with E-state index in [1.165, 1.54) is 0 Å². The summed E-state index contributed by atoms with van der Waals surface area (Å²) in [5, 5.41) is 11.1. The molecule has 2 N–H and O–H groups in total. The average molecular weight is 332 g/mol. The number of amides is 1. The molecule has 0 radical (unpaired) electrons. The van der Waals surface area contributed by atoms with E-state index in [0.29, 0.717) is 37.5 Å². The molecule has 0 atom stereocenters. The molecule has 128 valence electrons. The van der Waals surface area contributed by atoms with Crippen molar-refractivity contribution in [3.63, 3.8) is 0 Å². The Labute approximate surface area is 139 Å². The molecule has 2 aromatic rings. The minimum absolute atomic E-state index is 0.108. The quantitative estimate of drug-likeness (QED) is 0.644. The van der Waals surface area contributed by atoms with Crippen LogP contribution in [0.3, 0.4) is 0 Å². The number of hydrogen-bond acceptors (Lipinski definition) is 5. The maximum atomic E-state index is 11.6. The van der Waals surface area contributed by atoms with Crippen LogP contribution in [-0.2, 0) is 20.7 Å². The molecule has 0 aliphatic carbocycles. The summed E-state index contributed by atoms with van der Waals surface area (Å²) in [7, 11) is 0. The summed E-state index contributed by atoms with van der Waals surface area (Å²) in [4.78, 5) is 26.1. The van der Waals surface area contributed by atoms with E-state index in [4.69, 9.17) is 14.3 Å². The van der Waals surface area contributed by atoms with Crippen LogP contribution >= 0.6 is 0 Å². The number of aryl methyl sites for hydroxylation is 1. The monoisotopic (exact) mass is 332 g/mol. The van der Waals surface area contributed by atoms with Gasteiger partial charge in [0.05, 0.1) is 12.8 Å². The van der Waals surface area contributed by atoms with E-state index < -0.39 is 5.97 Å². The lowest BCUT2D eigenvalue weighted by molar-refractivity contribution is -0.142. The first-order valence-electron chi connectivity index (χ1n) is 7.71. The maximum Gasteiger partial charge on any atom is 0.329 e. The molecule has 1 aromatic carbocycles. The average Bonchev–Trinajstić information content (AvgIpc) is 3.04. The van der Waals surface area contributed by atoms with Gasteiger partial charge in [-0.05, 0) is 6.42 Å². The van der Waals surface area contributed by atoms with Gasteiger partial charge in [0, 0.05) is 24.9 Å². The molecular formula is C17H20N2O5. The molecule has 1 aromatic heterocycles. The van der Waals surface area contributed by atoms with Crippen molar-refractivity contribution in [1.82, 2.24) is 10.3 Å². The number of nitrogens with zero attached hydrogens (tertiary/aromatic N) is 1. The summed E-state index contributed by atoms with van der Waals surface area (Å²) in [5.74, 6) is 0.183. The third kappa shape index (κ3) is 6.21. The molecule has 7 nitrogen and oxygen atoms in total. The Balaban J connectivity index is 1.63. The second-order valence-corrected chi connectivity index (χ2v) is 5.13. The van der Waals surface area contributed by atoms with E-state index >= 15 is 0 Å². The number of oxazole rings is 1. The van der Waals surface area contributed by atoms with E-state index in [1.54, 1.807) is 6.20 Å². The molecule has 0 bridgehead atoms. The zero-order chi connectivity index (χ0) is 17.2. The normalized spacial score (nSPS) is 10.5. The third-order valence-electron chi connectivity index (χ3n) is 3.20.